The average Bonchev–Trinajstić information content (AvgIpc) is 2.57. The molecule has 0 spiro atoms. The summed E-state index contributed by atoms with van der Waals surface area (Å²) in [5, 5.41) is 3.78. The summed E-state index contributed by atoms with van der Waals surface area (Å²) in [5.41, 5.74) is 2.84. The van der Waals surface area contributed by atoms with E-state index in [0.717, 1.165) is 5.92 Å². The summed E-state index contributed by atoms with van der Waals surface area (Å²) >= 11 is 0. The standard InChI is InChI=1S/C19H24N2/c1-15(16-11-13-20-14-12-16)21-19-9-7-18(8-10-19)17-5-3-2-4-6-17/h2-6,11-15,18-19,21H,7-10H2,1H3. The fourth-order valence-corrected chi connectivity index (χ4v) is 3.42. The van der Waals surface area contributed by atoms with Crippen LogP contribution in [0.2, 0.25) is 0 Å². The Morgan fingerprint density at radius 3 is 2.29 bits per heavy atom. The predicted octanol–water partition coefficient (Wildman–Crippen LogP) is 4.46. The van der Waals surface area contributed by atoms with Gasteiger partial charge in [-0.3, -0.25) is 4.98 Å². The molecule has 1 saturated carbocycles. The van der Waals surface area contributed by atoms with Gasteiger partial charge in [-0.05, 0) is 61.8 Å². The highest BCUT2D eigenvalue weighted by atomic mass is 14.9. The highest BCUT2D eigenvalue weighted by Gasteiger charge is 2.23. The van der Waals surface area contributed by atoms with Crippen LogP contribution in [0.1, 0.15) is 55.7 Å². The minimum atomic E-state index is 0.409. The third-order valence-corrected chi connectivity index (χ3v) is 4.69. The summed E-state index contributed by atoms with van der Waals surface area (Å²) in [7, 11) is 0. The van der Waals surface area contributed by atoms with Gasteiger partial charge < -0.3 is 5.32 Å². The van der Waals surface area contributed by atoms with Crippen LogP contribution in [0.5, 0.6) is 0 Å². The van der Waals surface area contributed by atoms with E-state index in [1.807, 2.05) is 12.4 Å². The molecular weight excluding hydrogens is 256 g/mol. The Kier molecular flexibility index (Phi) is 4.66. The SMILES string of the molecule is CC(NC1CCC(c2ccccc2)CC1)c1ccncc1. The summed E-state index contributed by atoms with van der Waals surface area (Å²) in [6, 6.07) is 16.2. The number of nitrogens with one attached hydrogen (secondary N) is 1. The van der Waals surface area contributed by atoms with Crippen molar-refractivity contribution in [3.63, 3.8) is 0 Å². The molecule has 1 fully saturated rings. The van der Waals surface area contributed by atoms with Crippen LogP contribution in [0.15, 0.2) is 54.9 Å². The molecule has 21 heavy (non-hydrogen) atoms. The monoisotopic (exact) mass is 280 g/mol. The van der Waals surface area contributed by atoms with E-state index < -0.39 is 0 Å². The minimum Gasteiger partial charge on any atom is -0.307 e. The van der Waals surface area contributed by atoms with Crippen molar-refractivity contribution in [2.45, 2.75) is 50.6 Å². The van der Waals surface area contributed by atoms with E-state index in [2.05, 4.69) is 59.7 Å². The van der Waals surface area contributed by atoms with Crippen molar-refractivity contribution >= 4 is 0 Å². The lowest BCUT2D eigenvalue weighted by Crippen LogP contribution is -2.34. The van der Waals surface area contributed by atoms with Gasteiger partial charge in [-0.25, -0.2) is 0 Å². The number of hydrogen-bond donors (Lipinski definition) is 1. The lowest BCUT2D eigenvalue weighted by molar-refractivity contribution is 0.322. The molecule has 0 amide bonds. The highest BCUT2D eigenvalue weighted by Crippen LogP contribution is 2.33. The fraction of sp³-hybridized carbons (Fsp3) is 0.421. The summed E-state index contributed by atoms with van der Waals surface area (Å²) in [6.45, 7) is 2.25. The van der Waals surface area contributed by atoms with Crippen molar-refractivity contribution in [3.8, 4) is 0 Å². The molecule has 2 nitrogen and oxygen atoms in total. The molecule has 0 aliphatic heterocycles. The van der Waals surface area contributed by atoms with Crippen LogP contribution >= 0.6 is 0 Å². The van der Waals surface area contributed by atoms with Crippen molar-refractivity contribution in [1.29, 1.82) is 0 Å². The van der Waals surface area contributed by atoms with Gasteiger partial charge in [0.05, 0.1) is 0 Å². The van der Waals surface area contributed by atoms with Crippen molar-refractivity contribution in [2.24, 2.45) is 0 Å². The maximum atomic E-state index is 4.09. The van der Waals surface area contributed by atoms with E-state index >= 15 is 0 Å². The summed E-state index contributed by atoms with van der Waals surface area (Å²) in [4.78, 5) is 4.09. The molecule has 1 N–H and O–H groups in total. The van der Waals surface area contributed by atoms with Gasteiger partial charge in [0.25, 0.3) is 0 Å². The molecule has 1 aliphatic carbocycles. The van der Waals surface area contributed by atoms with Gasteiger partial charge >= 0.3 is 0 Å². The van der Waals surface area contributed by atoms with Crippen LogP contribution in [0.3, 0.4) is 0 Å². The number of hydrogen-bond acceptors (Lipinski definition) is 2. The van der Waals surface area contributed by atoms with Gasteiger partial charge in [0.15, 0.2) is 0 Å². The summed E-state index contributed by atoms with van der Waals surface area (Å²) < 4.78 is 0. The Labute approximate surface area is 127 Å². The van der Waals surface area contributed by atoms with Gasteiger partial charge in [0, 0.05) is 24.5 Å². The highest BCUT2D eigenvalue weighted by molar-refractivity contribution is 5.20. The van der Waals surface area contributed by atoms with E-state index in [9.17, 15) is 0 Å². The smallest absolute Gasteiger partial charge is 0.0295 e. The third-order valence-electron chi connectivity index (χ3n) is 4.69. The van der Waals surface area contributed by atoms with Crippen LogP contribution in [0.25, 0.3) is 0 Å². The number of rotatable bonds is 4. The quantitative estimate of drug-likeness (QED) is 0.894. The average molecular weight is 280 g/mol. The second-order valence-corrected chi connectivity index (χ2v) is 6.13. The van der Waals surface area contributed by atoms with Gasteiger partial charge in [-0.15, -0.1) is 0 Å². The van der Waals surface area contributed by atoms with E-state index in [-0.39, 0.29) is 0 Å². The number of nitrogens with zero attached hydrogens (tertiary/aromatic N) is 1. The lowest BCUT2D eigenvalue weighted by atomic mass is 9.81. The molecule has 1 aliphatic rings. The molecular formula is C19H24N2. The van der Waals surface area contributed by atoms with Gasteiger partial charge in [0.2, 0.25) is 0 Å². The Morgan fingerprint density at radius 1 is 0.952 bits per heavy atom. The van der Waals surface area contributed by atoms with Crippen LogP contribution in [-0.4, -0.2) is 11.0 Å². The maximum absolute atomic E-state index is 4.09. The molecule has 2 aromatic rings. The molecule has 0 bridgehead atoms. The first-order valence-electron chi connectivity index (χ1n) is 8.04. The van der Waals surface area contributed by atoms with Crippen molar-refractivity contribution in [1.82, 2.24) is 10.3 Å². The zero-order chi connectivity index (χ0) is 14.5. The zero-order valence-corrected chi connectivity index (χ0v) is 12.7. The van der Waals surface area contributed by atoms with Crippen LogP contribution in [0, 0.1) is 0 Å². The van der Waals surface area contributed by atoms with Crippen LogP contribution in [0.4, 0.5) is 0 Å². The van der Waals surface area contributed by atoms with Crippen molar-refractivity contribution in [2.75, 3.05) is 0 Å². The third kappa shape index (κ3) is 3.70. The Hall–Kier alpha value is -1.67. The molecule has 110 valence electrons. The Bertz CT molecular complexity index is 530. The molecule has 1 aromatic carbocycles. The van der Waals surface area contributed by atoms with Crippen molar-refractivity contribution < 1.29 is 0 Å². The van der Waals surface area contributed by atoms with E-state index in [1.165, 1.54) is 36.8 Å². The first kappa shape index (κ1) is 14.3. The summed E-state index contributed by atoms with van der Waals surface area (Å²) in [6.07, 6.45) is 8.89. The molecule has 2 heteroatoms. The number of pyridine rings is 1. The molecule has 3 rings (SSSR count). The number of aromatic nitrogens is 1. The molecule has 0 radical (unpaired) electrons. The maximum Gasteiger partial charge on any atom is 0.0295 e. The normalized spacial score (nSPS) is 23.7. The van der Waals surface area contributed by atoms with Crippen LogP contribution < -0.4 is 5.32 Å². The first-order chi connectivity index (χ1) is 10.3. The Balaban J connectivity index is 1.52. The molecule has 0 saturated heterocycles. The largest absolute Gasteiger partial charge is 0.307 e. The van der Waals surface area contributed by atoms with E-state index in [4.69, 9.17) is 0 Å². The van der Waals surface area contributed by atoms with Crippen LogP contribution in [-0.2, 0) is 0 Å². The molecule has 1 heterocycles. The van der Waals surface area contributed by atoms with Crippen molar-refractivity contribution in [3.05, 3.63) is 66.0 Å². The van der Waals surface area contributed by atoms with E-state index in [1.54, 1.807) is 0 Å². The zero-order valence-electron chi connectivity index (χ0n) is 12.7. The second-order valence-electron chi connectivity index (χ2n) is 6.13. The minimum absolute atomic E-state index is 0.409. The first-order valence-corrected chi connectivity index (χ1v) is 8.04. The molecule has 1 atom stereocenters. The second kappa shape index (κ2) is 6.86. The van der Waals surface area contributed by atoms with Gasteiger partial charge in [-0.2, -0.15) is 0 Å². The summed E-state index contributed by atoms with van der Waals surface area (Å²) in [5.74, 6) is 0.750. The fourth-order valence-electron chi connectivity index (χ4n) is 3.42. The topological polar surface area (TPSA) is 24.9 Å². The number of benzene rings is 1. The Morgan fingerprint density at radius 2 is 1.62 bits per heavy atom. The van der Waals surface area contributed by atoms with E-state index in [0.29, 0.717) is 12.1 Å². The molecule has 1 aromatic heterocycles. The predicted molar refractivity (Wildman–Crippen MR) is 87.2 cm³/mol. The van der Waals surface area contributed by atoms with Gasteiger partial charge in [0.1, 0.15) is 0 Å². The lowest BCUT2D eigenvalue weighted by Gasteiger charge is -2.31. The van der Waals surface area contributed by atoms with Gasteiger partial charge in [-0.1, -0.05) is 30.3 Å². The molecule has 1 unspecified atom stereocenters.